The maximum Gasteiger partial charge on any atom is 0.261 e. The lowest BCUT2D eigenvalue weighted by Gasteiger charge is -2.16. The number of ether oxygens (including phenoxy) is 2. The quantitative estimate of drug-likeness (QED) is 0.579. The molecule has 0 saturated heterocycles. The minimum atomic E-state index is -0.178. The molecule has 8 heteroatoms. The van der Waals surface area contributed by atoms with Gasteiger partial charge in [0.1, 0.15) is 11.5 Å². The van der Waals surface area contributed by atoms with Crippen LogP contribution >= 0.6 is 0 Å². The lowest BCUT2D eigenvalue weighted by atomic mass is 10.2. The maximum atomic E-state index is 12.8. The Balaban J connectivity index is 1.65. The van der Waals surface area contributed by atoms with Crippen LogP contribution in [0.3, 0.4) is 0 Å². The molecule has 154 valence electrons. The number of furan rings is 1. The second-order valence-corrected chi connectivity index (χ2v) is 6.83. The number of benzene rings is 1. The zero-order valence-electron chi connectivity index (χ0n) is 17.1. The minimum absolute atomic E-state index is 0.00717. The minimum Gasteiger partial charge on any atom is -0.493 e. The smallest absolute Gasteiger partial charge is 0.261 e. The molecule has 0 spiro atoms. The Morgan fingerprint density at radius 2 is 1.93 bits per heavy atom. The van der Waals surface area contributed by atoms with Gasteiger partial charge in [-0.3, -0.25) is 14.2 Å². The number of fused-ring (bicyclic) bond motifs is 1. The topological polar surface area (TPSA) is 86.8 Å². The number of aromatic nitrogens is 2. The van der Waals surface area contributed by atoms with Gasteiger partial charge in [-0.05, 0) is 31.5 Å². The van der Waals surface area contributed by atoms with Crippen molar-refractivity contribution in [3.63, 3.8) is 0 Å². The van der Waals surface area contributed by atoms with Crippen molar-refractivity contribution in [2.24, 2.45) is 0 Å². The van der Waals surface area contributed by atoms with Gasteiger partial charge < -0.3 is 18.8 Å². The van der Waals surface area contributed by atoms with Crippen LogP contribution in [0.15, 0.2) is 39.8 Å². The molecule has 0 fully saturated rings. The Kier molecular flexibility index (Phi) is 6.21. The van der Waals surface area contributed by atoms with E-state index in [9.17, 15) is 9.59 Å². The molecule has 0 saturated carbocycles. The first-order chi connectivity index (χ1) is 13.9. The molecule has 29 heavy (non-hydrogen) atoms. The van der Waals surface area contributed by atoms with E-state index >= 15 is 0 Å². The number of rotatable bonds is 8. The summed E-state index contributed by atoms with van der Waals surface area (Å²) in [4.78, 5) is 31.1. The van der Waals surface area contributed by atoms with Crippen molar-refractivity contribution >= 4 is 16.8 Å². The van der Waals surface area contributed by atoms with Crippen molar-refractivity contribution in [1.82, 2.24) is 14.5 Å². The van der Waals surface area contributed by atoms with Crippen LogP contribution in [0.5, 0.6) is 11.5 Å². The molecule has 1 amide bonds. The van der Waals surface area contributed by atoms with Crippen LogP contribution in [-0.2, 0) is 17.9 Å². The third kappa shape index (κ3) is 4.59. The van der Waals surface area contributed by atoms with Crippen molar-refractivity contribution in [1.29, 1.82) is 0 Å². The van der Waals surface area contributed by atoms with Crippen LogP contribution in [0, 0.1) is 6.92 Å². The number of carbonyl (C=O) groups is 1. The summed E-state index contributed by atoms with van der Waals surface area (Å²) in [6.07, 6.45) is 2.35. The van der Waals surface area contributed by atoms with E-state index < -0.39 is 0 Å². The van der Waals surface area contributed by atoms with E-state index in [-0.39, 0.29) is 11.5 Å². The highest BCUT2D eigenvalue weighted by atomic mass is 16.5. The number of amides is 1. The number of aryl methyl sites for hydroxylation is 2. The predicted octanol–water partition coefficient (Wildman–Crippen LogP) is 2.75. The van der Waals surface area contributed by atoms with Gasteiger partial charge in [-0.1, -0.05) is 0 Å². The number of hydrogen-bond donors (Lipinski definition) is 0. The predicted molar refractivity (Wildman–Crippen MR) is 108 cm³/mol. The lowest BCUT2D eigenvalue weighted by molar-refractivity contribution is -0.130. The monoisotopic (exact) mass is 399 g/mol. The Morgan fingerprint density at radius 1 is 1.21 bits per heavy atom. The van der Waals surface area contributed by atoms with Crippen molar-refractivity contribution in [2.45, 2.75) is 32.9 Å². The molecule has 2 aromatic heterocycles. The largest absolute Gasteiger partial charge is 0.493 e. The number of carbonyl (C=O) groups excluding carboxylic acids is 1. The van der Waals surface area contributed by atoms with E-state index in [0.29, 0.717) is 48.3 Å². The van der Waals surface area contributed by atoms with Gasteiger partial charge in [0.2, 0.25) is 5.91 Å². The molecule has 0 aliphatic carbocycles. The highest BCUT2D eigenvalue weighted by molar-refractivity contribution is 5.81. The zero-order valence-corrected chi connectivity index (χ0v) is 17.1. The first-order valence-corrected chi connectivity index (χ1v) is 9.33. The van der Waals surface area contributed by atoms with Crippen LogP contribution in [0.2, 0.25) is 0 Å². The molecule has 1 aromatic carbocycles. The molecule has 0 bridgehead atoms. The van der Waals surface area contributed by atoms with Crippen LogP contribution in [0.4, 0.5) is 0 Å². The van der Waals surface area contributed by atoms with Gasteiger partial charge in [-0.15, -0.1) is 0 Å². The molecule has 0 unspecified atom stereocenters. The first-order valence-electron chi connectivity index (χ1n) is 9.33. The van der Waals surface area contributed by atoms with Crippen LogP contribution in [-0.4, -0.2) is 41.6 Å². The van der Waals surface area contributed by atoms with Gasteiger partial charge in [-0.2, -0.15) is 0 Å². The van der Waals surface area contributed by atoms with E-state index in [1.165, 1.54) is 25.1 Å². The van der Waals surface area contributed by atoms with E-state index in [0.717, 1.165) is 11.5 Å². The average Bonchev–Trinajstić information content (AvgIpc) is 3.13. The van der Waals surface area contributed by atoms with Gasteiger partial charge in [-0.25, -0.2) is 4.98 Å². The van der Waals surface area contributed by atoms with Crippen molar-refractivity contribution in [3.05, 3.63) is 52.5 Å². The average molecular weight is 399 g/mol. The molecule has 0 aliphatic rings. The highest BCUT2D eigenvalue weighted by Crippen LogP contribution is 2.29. The van der Waals surface area contributed by atoms with E-state index in [1.54, 1.807) is 24.1 Å². The standard InChI is InChI=1S/C21H25N3O5/c1-14-7-8-15(29-14)12-23(2)20(25)6-5-9-24-13-22-17-11-19(28-4)18(27-3)10-16(17)21(24)26/h7-8,10-11,13H,5-6,9,12H2,1-4H3. The summed E-state index contributed by atoms with van der Waals surface area (Å²) in [5.74, 6) is 2.55. The second-order valence-electron chi connectivity index (χ2n) is 6.83. The maximum absolute atomic E-state index is 12.8. The first kappa shape index (κ1) is 20.4. The molecule has 0 N–H and O–H groups in total. The normalized spacial score (nSPS) is 10.9. The molecule has 3 aromatic rings. The van der Waals surface area contributed by atoms with Crippen molar-refractivity contribution in [2.75, 3.05) is 21.3 Å². The van der Waals surface area contributed by atoms with Gasteiger partial charge in [0.05, 0.1) is 38.0 Å². The molecule has 0 aliphatic heterocycles. The molecular formula is C21H25N3O5. The Morgan fingerprint density at radius 3 is 2.59 bits per heavy atom. The number of nitrogens with zero attached hydrogens (tertiary/aromatic N) is 3. The van der Waals surface area contributed by atoms with Crippen LogP contribution < -0.4 is 15.0 Å². The summed E-state index contributed by atoms with van der Waals surface area (Å²) >= 11 is 0. The van der Waals surface area contributed by atoms with Crippen LogP contribution in [0.1, 0.15) is 24.4 Å². The van der Waals surface area contributed by atoms with Crippen molar-refractivity contribution < 1.29 is 18.7 Å². The fourth-order valence-electron chi connectivity index (χ4n) is 3.13. The third-order valence-corrected chi connectivity index (χ3v) is 4.73. The van der Waals surface area contributed by atoms with E-state index in [1.807, 2.05) is 19.1 Å². The fourth-order valence-corrected chi connectivity index (χ4v) is 3.13. The molecular weight excluding hydrogens is 374 g/mol. The summed E-state index contributed by atoms with van der Waals surface area (Å²) < 4.78 is 17.5. The SMILES string of the molecule is COc1cc2ncn(CCCC(=O)N(C)Cc3ccc(C)o3)c(=O)c2cc1OC. The van der Waals surface area contributed by atoms with Gasteiger partial charge >= 0.3 is 0 Å². The summed E-state index contributed by atoms with van der Waals surface area (Å²) in [5.41, 5.74) is 0.358. The summed E-state index contributed by atoms with van der Waals surface area (Å²) in [5, 5.41) is 0.446. The Bertz CT molecular complexity index is 1070. The second kappa shape index (κ2) is 8.81. The van der Waals surface area contributed by atoms with Gasteiger partial charge in [0.15, 0.2) is 11.5 Å². The molecule has 3 rings (SSSR count). The molecule has 2 heterocycles. The molecule has 0 radical (unpaired) electrons. The lowest BCUT2D eigenvalue weighted by Crippen LogP contribution is -2.27. The Hall–Kier alpha value is -3.29. The fraction of sp³-hybridized carbons (Fsp3) is 0.381. The molecule has 0 atom stereocenters. The third-order valence-electron chi connectivity index (χ3n) is 4.73. The van der Waals surface area contributed by atoms with Crippen molar-refractivity contribution in [3.8, 4) is 11.5 Å². The number of hydrogen-bond acceptors (Lipinski definition) is 6. The van der Waals surface area contributed by atoms with Gasteiger partial charge in [0, 0.05) is 26.1 Å². The molecule has 8 nitrogen and oxygen atoms in total. The van der Waals surface area contributed by atoms with Crippen LogP contribution in [0.25, 0.3) is 10.9 Å². The van der Waals surface area contributed by atoms with E-state index in [2.05, 4.69) is 4.98 Å². The van der Waals surface area contributed by atoms with Gasteiger partial charge in [0.25, 0.3) is 5.56 Å². The zero-order chi connectivity index (χ0) is 21.0. The highest BCUT2D eigenvalue weighted by Gasteiger charge is 2.13. The summed E-state index contributed by atoms with van der Waals surface area (Å²) in [7, 11) is 4.79. The van der Waals surface area contributed by atoms with E-state index in [4.69, 9.17) is 13.9 Å². The number of methoxy groups -OCH3 is 2. The summed E-state index contributed by atoms with van der Waals surface area (Å²) in [6.45, 7) is 2.69. The summed E-state index contributed by atoms with van der Waals surface area (Å²) in [6, 6.07) is 7.04. The Labute approximate surface area is 168 Å².